The van der Waals surface area contributed by atoms with Crippen LogP contribution in [0.25, 0.3) is 10.9 Å². The number of hydrogen-bond acceptors (Lipinski definition) is 5. The number of nitrogens with one attached hydrogen (secondary N) is 1. The number of piperidine rings is 1. The molecule has 0 aliphatic carbocycles. The van der Waals surface area contributed by atoms with Gasteiger partial charge in [-0.1, -0.05) is 18.2 Å². The first-order valence-electron chi connectivity index (χ1n) is 12.2. The Hall–Kier alpha value is -2.79. The number of nitrogens with zero attached hydrogens (tertiary/aromatic N) is 2. The molecule has 0 unspecified atom stereocenters. The molecule has 1 N–H and O–H groups in total. The number of anilines is 1. The quantitative estimate of drug-likeness (QED) is 0.446. The van der Waals surface area contributed by atoms with Crippen LogP contribution < -0.4 is 14.8 Å². The number of pyridine rings is 1. The largest absolute Gasteiger partial charge is 0.491 e. The molecule has 1 aliphatic rings. The molecule has 1 saturated heterocycles. The van der Waals surface area contributed by atoms with Crippen LogP contribution in [0.1, 0.15) is 51.7 Å². The van der Waals surface area contributed by atoms with Gasteiger partial charge in [-0.05, 0) is 82.9 Å². The molecule has 1 aromatic heterocycles. The van der Waals surface area contributed by atoms with Crippen LogP contribution in [0.4, 0.5) is 5.82 Å². The molecule has 3 aromatic rings. The summed E-state index contributed by atoms with van der Waals surface area (Å²) in [5.74, 6) is 2.75. The summed E-state index contributed by atoms with van der Waals surface area (Å²) in [6.45, 7) is 13.4. The highest BCUT2D eigenvalue weighted by molar-refractivity contribution is 5.83. The van der Waals surface area contributed by atoms with Crippen LogP contribution in [0, 0.1) is 6.92 Å². The molecule has 4 rings (SSSR count). The van der Waals surface area contributed by atoms with Gasteiger partial charge in [-0.3, -0.25) is 4.90 Å². The van der Waals surface area contributed by atoms with E-state index in [9.17, 15) is 0 Å². The van der Waals surface area contributed by atoms with Crippen molar-refractivity contribution in [1.82, 2.24) is 9.88 Å². The number of rotatable bonds is 8. The third-order valence-corrected chi connectivity index (χ3v) is 5.95. The zero-order valence-corrected chi connectivity index (χ0v) is 20.6. The van der Waals surface area contributed by atoms with Gasteiger partial charge in [-0.25, -0.2) is 4.98 Å². The molecule has 2 heterocycles. The average Bonchev–Trinajstić information content (AvgIpc) is 2.74. The summed E-state index contributed by atoms with van der Waals surface area (Å²) >= 11 is 0. The minimum Gasteiger partial charge on any atom is -0.491 e. The molecule has 0 atom stereocenters. The van der Waals surface area contributed by atoms with Gasteiger partial charge in [0, 0.05) is 37.1 Å². The fourth-order valence-electron chi connectivity index (χ4n) is 4.53. The summed E-state index contributed by atoms with van der Waals surface area (Å²) in [6.07, 6.45) is 2.48. The topological polar surface area (TPSA) is 46.6 Å². The van der Waals surface area contributed by atoms with E-state index in [4.69, 9.17) is 14.5 Å². The first kappa shape index (κ1) is 23.4. The zero-order valence-electron chi connectivity index (χ0n) is 20.6. The number of aromatic nitrogens is 1. The maximum absolute atomic E-state index is 5.97. The molecule has 0 saturated carbocycles. The third-order valence-electron chi connectivity index (χ3n) is 5.95. The van der Waals surface area contributed by atoms with Gasteiger partial charge in [0.25, 0.3) is 0 Å². The van der Waals surface area contributed by atoms with E-state index >= 15 is 0 Å². The van der Waals surface area contributed by atoms with E-state index in [1.54, 1.807) is 0 Å². The number of ether oxygens (including phenoxy) is 2. The van der Waals surface area contributed by atoms with Crippen molar-refractivity contribution in [1.29, 1.82) is 0 Å². The molecular formula is C28H37N3O2. The van der Waals surface area contributed by atoms with Crippen molar-refractivity contribution in [2.45, 2.75) is 72.3 Å². The van der Waals surface area contributed by atoms with Gasteiger partial charge >= 0.3 is 0 Å². The van der Waals surface area contributed by atoms with Crippen molar-refractivity contribution in [3.63, 3.8) is 0 Å². The monoisotopic (exact) mass is 447 g/mol. The van der Waals surface area contributed by atoms with Gasteiger partial charge in [0.2, 0.25) is 0 Å². The summed E-state index contributed by atoms with van der Waals surface area (Å²) in [5, 5.41) is 4.91. The van der Waals surface area contributed by atoms with Gasteiger partial charge in [-0.2, -0.15) is 0 Å². The Morgan fingerprint density at radius 2 is 1.58 bits per heavy atom. The Balaban J connectivity index is 1.37. The van der Waals surface area contributed by atoms with E-state index in [1.165, 1.54) is 16.5 Å². The lowest BCUT2D eigenvalue weighted by molar-refractivity contribution is 0.207. The summed E-state index contributed by atoms with van der Waals surface area (Å²) in [4.78, 5) is 7.35. The SMILES string of the molecule is Cc1cc(NC2CCN(Cc3cc(OC(C)C)cc(OC(C)C)c3)CC2)nc2ccccc12. The number of likely N-dealkylation sites (tertiary alicyclic amines) is 1. The number of fused-ring (bicyclic) bond motifs is 1. The lowest BCUT2D eigenvalue weighted by atomic mass is 10.0. The van der Waals surface area contributed by atoms with E-state index < -0.39 is 0 Å². The van der Waals surface area contributed by atoms with Crippen molar-refractivity contribution < 1.29 is 9.47 Å². The van der Waals surface area contributed by atoms with Crippen molar-refractivity contribution in [3.05, 3.63) is 59.7 Å². The number of para-hydroxylation sites is 1. The first-order chi connectivity index (χ1) is 15.9. The highest BCUT2D eigenvalue weighted by atomic mass is 16.5. The smallest absolute Gasteiger partial charge is 0.127 e. The standard InChI is InChI=1S/C28H37N3O2/c1-19(2)32-24-15-22(16-25(17-24)33-20(3)4)18-31-12-10-23(11-13-31)29-28-14-21(5)26-8-6-7-9-27(26)30-28/h6-9,14-17,19-20,23H,10-13,18H2,1-5H3,(H,29,30). The predicted octanol–water partition coefficient (Wildman–Crippen LogP) is 6.19. The van der Waals surface area contributed by atoms with Gasteiger partial charge in [0.15, 0.2) is 0 Å². The van der Waals surface area contributed by atoms with Gasteiger partial charge in [0.05, 0.1) is 17.7 Å². The molecule has 1 aliphatic heterocycles. The van der Waals surface area contributed by atoms with Crippen molar-refractivity contribution in [2.24, 2.45) is 0 Å². The molecule has 1 fully saturated rings. The van der Waals surface area contributed by atoms with Crippen LogP contribution >= 0.6 is 0 Å². The van der Waals surface area contributed by atoms with Gasteiger partial charge < -0.3 is 14.8 Å². The van der Waals surface area contributed by atoms with Crippen molar-refractivity contribution in [3.8, 4) is 11.5 Å². The van der Waals surface area contributed by atoms with E-state index in [2.05, 4.69) is 87.3 Å². The Kier molecular flexibility index (Phi) is 7.39. The van der Waals surface area contributed by atoms with Crippen LogP contribution in [-0.4, -0.2) is 41.2 Å². The molecule has 2 aromatic carbocycles. The Labute approximate surface area is 198 Å². The van der Waals surface area contributed by atoms with E-state index in [0.717, 1.165) is 55.3 Å². The third kappa shape index (κ3) is 6.38. The van der Waals surface area contributed by atoms with Crippen molar-refractivity contribution >= 4 is 16.7 Å². The first-order valence-corrected chi connectivity index (χ1v) is 12.2. The predicted molar refractivity (Wildman–Crippen MR) is 136 cm³/mol. The molecule has 5 heteroatoms. The number of benzene rings is 2. The lowest BCUT2D eigenvalue weighted by Crippen LogP contribution is -2.38. The minimum absolute atomic E-state index is 0.140. The summed E-state index contributed by atoms with van der Waals surface area (Å²) in [5.41, 5.74) is 3.56. The lowest BCUT2D eigenvalue weighted by Gasteiger charge is -2.33. The summed E-state index contributed by atoms with van der Waals surface area (Å²) in [7, 11) is 0. The maximum Gasteiger partial charge on any atom is 0.127 e. The second kappa shape index (κ2) is 10.4. The van der Waals surface area contributed by atoms with Gasteiger partial charge in [-0.15, -0.1) is 0 Å². The van der Waals surface area contributed by atoms with Crippen LogP contribution in [0.2, 0.25) is 0 Å². The zero-order chi connectivity index (χ0) is 23.4. The summed E-state index contributed by atoms with van der Waals surface area (Å²) in [6, 6.07) is 17.3. The van der Waals surface area contributed by atoms with Crippen LogP contribution in [0.3, 0.4) is 0 Å². The average molecular weight is 448 g/mol. The van der Waals surface area contributed by atoms with Crippen LogP contribution in [0.15, 0.2) is 48.5 Å². The minimum atomic E-state index is 0.140. The van der Waals surface area contributed by atoms with E-state index in [1.807, 2.05) is 6.07 Å². The summed E-state index contributed by atoms with van der Waals surface area (Å²) < 4.78 is 11.9. The second-order valence-corrected chi connectivity index (χ2v) is 9.68. The second-order valence-electron chi connectivity index (χ2n) is 9.68. The highest BCUT2D eigenvalue weighted by Crippen LogP contribution is 2.27. The highest BCUT2D eigenvalue weighted by Gasteiger charge is 2.20. The molecule has 176 valence electrons. The van der Waals surface area contributed by atoms with E-state index in [-0.39, 0.29) is 12.2 Å². The van der Waals surface area contributed by atoms with Crippen LogP contribution in [-0.2, 0) is 6.54 Å². The maximum atomic E-state index is 5.97. The Morgan fingerprint density at radius 1 is 0.939 bits per heavy atom. The van der Waals surface area contributed by atoms with Crippen LogP contribution in [0.5, 0.6) is 11.5 Å². The molecular weight excluding hydrogens is 410 g/mol. The molecule has 0 spiro atoms. The number of hydrogen-bond donors (Lipinski definition) is 1. The van der Waals surface area contributed by atoms with Gasteiger partial charge in [0.1, 0.15) is 17.3 Å². The fourth-order valence-corrected chi connectivity index (χ4v) is 4.53. The Bertz CT molecular complexity index is 1040. The molecule has 5 nitrogen and oxygen atoms in total. The fraction of sp³-hybridized carbons (Fsp3) is 0.464. The molecule has 0 amide bonds. The number of aryl methyl sites for hydroxylation is 1. The normalized spacial score (nSPS) is 15.4. The Morgan fingerprint density at radius 3 is 2.21 bits per heavy atom. The van der Waals surface area contributed by atoms with Crippen molar-refractivity contribution in [2.75, 3.05) is 18.4 Å². The molecule has 0 bridgehead atoms. The van der Waals surface area contributed by atoms with E-state index in [0.29, 0.717) is 6.04 Å². The molecule has 33 heavy (non-hydrogen) atoms. The molecule has 0 radical (unpaired) electrons.